The highest BCUT2D eigenvalue weighted by Gasteiger charge is 2.28. The third-order valence-corrected chi connectivity index (χ3v) is 3.92. The third kappa shape index (κ3) is 1.83. The average Bonchev–Trinajstić information content (AvgIpc) is 2.68. The molecule has 0 saturated carbocycles. The van der Waals surface area contributed by atoms with Crippen molar-refractivity contribution in [2.75, 3.05) is 6.54 Å². The molecule has 3 nitrogen and oxygen atoms in total. The van der Waals surface area contributed by atoms with Crippen molar-refractivity contribution in [1.29, 1.82) is 0 Å². The second-order valence-electron chi connectivity index (χ2n) is 4.72. The monoisotopic (exact) mass is 251 g/mol. The van der Waals surface area contributed by atoms with Crippen molar-refractivity contribution in [1.82, 2.24) is 9.55 Å². The highest BCUT2D eigenvalue weighted by molar-refractivity contribution is 6.35. The molecule has 2 rings (SSSR count). The molecule has 2 N–H and O–H groups in total. The Balaban J connectivity index is 2.72. The first-order valence-electron chi connectivity index (χ1n) is 5.85. The van der Waals surface area contributed by atoms with Crippen LogP contribution in [0.2, 0.25) is 5.02 Å². The number of imidazole rings is 1. The molecule has 17 heavy (non-hydrogen) atoms. The van der Waals surface area contributed by atoms with E-state index in [0.29, 0.717) is 6.54 Å². The van der Waals surface area contributed by atoms with Gasteiger partial charge in [0.2, 0.25) is 0 Å². The Morgan fingerprint density at radius 2 is 2.18 bits per heavy atom. The van der Waals surface area contributed by atoms with E-state index < -0.39 is 0 Å². The lowest BCUT2D eigenvalue weighted by Crippen LogP contribution is -2.33. The van der Waals surface area contributed by atoms with Crippen LogP contribution in [0, 0.1) is 0 Å². The van der Waals surface area contributed by atoms with Crippen LogP contribution in [0.25, 0.3) is 11.0 Å². The lowest BCUT2D eigenvalue weighted by Gasteiger charge is -2.25. The molecule has 1 aromatic carbocycles. The van der Waals surface area contributed by atoms with Gasteiger partial charge >= 0.3 is 0 Å². The van der Waals surface area contributed by atoms with Gasteiger partial charge in [0, 0.05) is 19.0 Å². The van der Waals surface area contributed by atoms with Crippen LogP contribution >= 0.6 is 11.6 Å². The summed E-state index contributed by atoms with van der Waals surface area (Å²) in [5.74, 6) is 1.01. The van der Waals surface area contributed by atoms with Crippen molar-refractivity contribution >= 4 is 22.6 Å². The summed E-state index contributed by atoms with van der Waals surface area (Å²) in [7, 11) is 2.00. The summed E-state index contributed by atoms with van der Waals surface area (Å²) in [5, 5.41) is 0.735. The predicted octanol–water partition coefficient (Wildman–Crippen LogP) is 2.85. The van der Waals surface area contributed by atoms with Crippen LogP contribution in [-0.4, -0.2) is 16.1 Å². The van der Waals surface area contributed by atoms with E-state index in [1.165, 1.54) is 0 Å². The van der Waals surface area contributed by atoms with Gasteiger partial charge in [-0.05, 0) is 18.6 Å². The molecule has 0 bridgehead atoms. The summed E-state index contributed by atoms with van der Waals surface area (Å²) in [6.45, 7) is 4.86. The van der Waals surface area contributed by atoms with E-state index in [1.807, 2.05) is 25.2 Å². The fraction of sp³-hybridized carbons (Fsp3) is 0.462. The Morgan fingerprint density at radius 3 is 2.71 bits per heavy atom. The van der Waals surface area contributed by atoms with Crippen molar-refractivity contribution < 1.29 is 0 Å². The zero-order valence-corrected chi connectivity index (χ0v) is 11.3. The van der Waals surface area contributed by atoms with Crippen LogP contribution in [0.4, 0.5) is 0 Å². The van der Waals surface area contributed by atoms with Crippen LogP contribution in [0.3, 0.4) is 0 Å². The van der Waals surface area contributed by atoms with Crippen molar-refractivity contribution in [3.05, 3.63) is 29.0 Å². The van der Waals surface area contributed by atoms with Crippen molar-refractivity contribution in [2.24, 2.45) is 12.8 Å². The first-order chi connectivity index (χ1) is 8.03. The van der Waals surface area contributed by atoms with E-state index >= 15 is 0 Å². The van der Waals surface area contributed by atoms with Gasteiger partial charge in [-0.2, -0.15) is 0 Å². The largest absolute Gasteiger partial charge is 0.329 e. The summed E-state index contributed by atoms with van der Waals surface area (Å²) in [6.07, 6.45) is 0.957. The van der Waals surface area contributed by atoms with E-state index in [-0.39, 0.29) is 5.41 Å². The van der Waals surface area contributed by atoms with Crippen molar-refractivity contribution in [2.45, 2.75) is 25.7 Å². The zero-order valence-electron chi connectivity index (χ0n) is 10.5. The summed E-state index contributed by atoms with van der Waals surface area (Å²) in [6, 6.07) is 5.80. The molecule has 4 heteroatoms. The zero-order chi connectivity index (χ0) is 12.6. The van der Waals surface area contributed by atoms with Gasteiger partial charge in [0.05, 0.1) is 16.1 Å². The van der Waals surface area contributed by atoms with Gasteiger partial charge < -0.3 is 10.3 Å². The number of para-hydroxylation sites is 1. The Bertz CT molecular complexity index is 541. The van der Waals surface area contributed by atoms with Crippen molar-refractivity contribution in [3.63, 3.8) is 0 Å². The van der Waals surface area contributed by atoms with Gasteiger partial charge in [0.25, 0.3) is 0 Å². The molecule has 1 aromatic heterocycles. The maximum absolute atomic E-state index is 6.22. The second-order valence-corrected chi connectivity index (χ2v) is 5.13. The number of benzene rings is 1. The van der Waals surface area contributed by atoms with Crippen LogP contribution in [0.5, 0.6) is 0 Å². The molecule has 0 spiro atoms. The van der Waals surface area contributed by atoms with Gasteiger partial charge in [-0.1, -0.05) is 31.5 Å². The molecular weight excluding hydrogens is 234 g/mol. The molecule has 0 aliphatic heterocycles. The van der Waals surface area contributed by atoms with E-state index in [2.05, 4.69) is 23.4 Å². The maximum Gasteiger partial charge on any atom is 0.116 e. The van der Waals surface area contributed by atoms with Gasteiger partial charge in [-0.25, -0.2) is 4.98 Å². The summed E-state index contributed by atoms with van der Waals surface area (Å²) in [4.78, 5) is 4.69. The summed E-state index contributed by atoms with van der Waals surface area (Å²) in [5.41, 5.74) is 7.71. The number of hydrogen-bond acceptors (Lipinski definition) is 2. The molecule has 0 fully saturated rings. The van der Waals surface area contributed by atoms with Gasteiger partial charge in [-0.3, -0.25) is 0 Å². The van der Waals surface area contributed by atoms with E-state index in [1.54, 1.807) is 0 Å². The molecular formula is C13H18ClN3. The Labute approximate surface area is 107 Å². The number of hydrogen-bond donors (Lipinski definition) is 1. The second kappa shape index (κ2) is 4.31. The standard InChI is InChI=1S/C13H18ClN3/c1-4-13(2,8-15)12-16-10-7-5-6-9(14)11(10)17(12)3/h5-7H,4,8,15H2,1-3H3. The topological polar surface area (TPSA) is 43.8 Å². The van der Waals surface area contributed by atoms with Crippen LogP contribution in [0.1, 0.15) is 26.1 Å². The first-order valence-corrected chi connectivity index (χ1v) is 6.23. The first kappa shape index (κ1) is 12.4. The number of nitrogens with zero attached hydrogens (tertiary/aromatic N) is 2. The quantitative estimate of drug-likeness (QED) is 0.912. The molecule has 2 aromatic rings. The molecule has 0 aliphatic rings. The van der Waals surface area contributed by atoms with E-state index in [9.17, 15) is 0 Å². The molecule has 0 radical (unpaired) electrons. The SMILES string of the molecule is CCC(C)(CN)c1nc2cccc(Cl)c2n1C. The molecule has 1 heterocycles. The minimum Gasteiger partial charge on any atom is -0.329 e. The molecule has 92 valence electrons. The number of nitrogens with two attached hydrogens (primary N) is 1. The van der Waals surface area contributed by atoms with Crippen LogP contribution in [-0.2, 0) is 12.5 Å². The van der Waals surface area contributed by atoms with E-state index in [4.69, 9.17) is 17.3 Å². The summed E-state index contributed by atoms with van der Waals surface area (Å²) < 4.78 is 2.06. The number of fused-ring (bicyclic) bond motifs is 1. The smallest absolute Gasteiger partial charge is 0.116 e. The average molecular weight is 252 g/mol. The predicted molar refractivity (Wildman–Crippen MR) is 72.4 cm³/mol. The van der Waals surface area contributed by atoms with Crippen LogP contribution < -0.4 is 5.73 Å². The number of halogens is 1. The molecule has 0 amide bonds. The molecule has 0 aliphatic carbocycles. The molecule has 0 saturated heterocycles. The molecule has 1 atom stereocenters. The third-order valence-electron chi connectivity index (χ3n) is 3.62. The van der Waals surface area contributed by atoms with Crippen molar-refractivity contribution in [3.8, 4) is 0 Å². The lowest BCUT2D eigenvalue weighted by atomic mass is 9.87. The van der Waals surface area contributed by atoms with Gasteiger partial charge in [-0.15, -0.1) is 0 Å². The van der Waals surface area contributed by atoms with Gasteiger partial charge in [0.1, 0.15) is 5.82 Å². The minimum atomic E-state index is -0.100. The Kier molecular flexibility index (Phi) is 3.15. The Morgan fingerprint density at radius 1 is 1.47 bits per heavy atom. The molecule has 1 unspecified atom stereocenters. The fourth-order valence-corrected chi connectivity index (χ4v) is 2.45. The maximum atomic E-state index is 6.22. The highest BCUT2D eigenvalue weighted by Crippen LogP contribution is 2.31. The lowest BCUT2D eigenvalue weighted by molar-refractivity contribution is 0.427. The Hall–Kier alpha value is -1.06. The normalized spacial score (nSPS) is 15.1. The number of aromatic nitrogens is 2. The number of aryl methyl sites for hydroxylation is 1. The highest BCUT2D eigenvalue weighted by atomic mass is 35.5. The fourth-order valence-electron chi connectivity index (χ4n) is 2.15. The minimum absolute atomic E-state index is 0.100. The van der Waals surface area contributed by atoms with E-state index in [0.717, 1.165) is 28.3 Å². The summed E-state index contributed by atoms with van der Waals surface area (Å²) >= 11 is 6.22. The number of rotatable bonds is 3. The van der Waals surface area contributed by atoms with Gasteiger partial charge in [0.15, 0.2) is 0 Å². The van der Waals surface area contributed by atoms with Crippen LogP contribution in [0.15, 0.2) is 18.2 Å².